The number of unbranched alkanes of at least 4 members (excludes halogenated alkanes) is 2. The van der Waals surface area contributed by atoms with Gasteiger partial charge in [-0.3, -0.25) is 4.90 Å². The van der Waals surface area contributed by atoms with Gasteiger partial charge in [0.2, 0.25) is 0 Å². The molecule has 19 heavy (non-hydrogen) atoms. The predicted molar refractivity (Wildman–Crippen MR) is 83.3 cm³/mol. The fourth-order valence-corrected chi connectivity index (χ4v) is 2.15. The highest BCUT2D eigenvalue weighted by molar-refractivity contribution is 5.79. The highest BCUT2D eigenvalue weighted by Crippen LogP contribution is 2.09. The Kier molecular flexibility index (Phi) is 7.91. The third-order valence-corrected chi connectivity index (χ3v) is 3.24. The van der Waals surface area contributed by atoms with Crippen molar-refractivity contribution in [1.82, 2.24) is 4.90 Å². The van der Waals surface area contributed by atoms with E-state index in [0.717, 1.165) is 12.1 Å². The van der Waals surface area contributed by atoms with Gasteiger partial charge in [0.15, 0.2) is 0 Å². The van der Waals surface area contributed by atoms with Crippen LogP contribution in [0.25, 0.3) is 0 Å². The average molecular weight is 261 g/mol. The zero-order chi connectivity index (χ0) is 13.9. The van der Waals surface area contributed by atoms with Crippen molar-refractivity contribution in [3.8, 4) is 0 Å². The molecule has 0 saturated carbocycles. The van der Waals surface area contributed by atoms with E-state index in [2.05, 4.69) is 42.0 Å². The lowest BCUT2D eigenvalue weighted by Gasteiger charge is -2.22. The molecule has 0 aliphatic heterocycles. The van der Waals surface area contributed by atoms with Gasteiger partial charge in [-0.25, -0.2) is 0 Å². The van der Waals surface area contributed by atoms with Crippen LogP contribution in [0, 0.1) is 0 Å². The number of hydrazone groups is 1. The van der Waals surface area contributed by atoms with Gasteiger partial charge < -0.3 is 5.84 Å². The molecule has 0 fully saturated rings. The first-order valence-electron chi connectivity index (χ1n) is 7.34. The second-order valence-electron chi connectivity index (χ2n) is 5.01. The molecule has 0 aliphatic rings. The Hall–Kier alpha value is -1.35. The molecule has 106 valence electrons. The zero-order valence-electron chi connectivity index (χ0n) is 12.3. The fourth-order valence-electron chi connectivity index (χ4n) is 2.15. The number of hydrogen-bond acceptors (Lipinski definition) is 3. The van der Waals surface area contributed by atoms with Crippen molar-refractivity contribution >= 4 is 6.21 Å². The van der Waals surface area contributed by atoms with E-state index in [1.54, 1.807) is 6.21 Å². The summed E-state index contributed by atoms with van der Waals surface area (Å²) in [6.45, 7) is 7.89. The third-order valence-electron chi connectivity index (χ3n) is 3.24. The summed E-state index contributed by atoms with van der Waals surface area (Å²) in [5.41, 5.74) is 2.41. The zero-order valence-corrected chi connectivity index (χ0v) is 12.3. The summed E-state index contributed by atoms with van der Waals surface area (Å²) >= 11 is 0. The Labute approximate surface area is 117 Å². The topological polar surface area (TPSA) is 41.6 Å². The Morgan fingerprint density at radius 2 is 1.84 bits per heavy atom. The molecule has 0 bridgehead atoms. The standard InChI is InChI=1S/C16H27N3/c1-3-5-10-19(11-6-4-2)14-16-9-7-8-15(12-16)13-18-17/h7-9,12-13H,3-6,10-11,14,17H2,1-2H3. The second-order valence-corrected chi connectivity index (χ2v) is 5.01. The van der Waals surface area contributed by atoms with E-state index in [9.17, 15) is 0 Å². The quantitative estimate of drug-likeness (QED) is 0.420. The molecule has 1 aromatic rings. The number of nitrogens with zero attached hydrogens (tertiary/aromatic N) is 2. The maximum Gasteiger partial charge on any atom is 0.0538 e. The van der Waals surface area contributed by atoms with E-state index >= 15 is 0 Å². The average Bonchev–Trinajstić information content (AvgIpc) is 2.42. The van der Waals surface area contributed by atoms with Crippen molar-refractivity contribution in [2.45, 2.75) is 46.1 Å². The Bertz CT molecular complexity index is 366. The fraction of sp³-hybridized carbons (Fsp3) is 0.562. The first kappa shape index (κ1) is 15.7. The minimum absolute atomic E-state index is 1.02. The van der Waals surface area contributed by atoms with Gasteiger partial charge in [0.25, 0.3) is 0 Å². The Balaban J connectivity index is 2.62. The third kappa shape index (κ3) is 6.39. The van der Waals surface area contributed by atoms with E-state index in [1.807, 2.05) is 6.07 Å². The predicted octanol–water partition coefficient (Wildman–Crippen LogP) is 3.38. The van der Waals surface area contributed by atoms with Crippen LogP contribution in [0.5, 0.6) is 0 Å². The smallest absolute Gasteiger partial charge is 0.0538 e. The lowest BCUT2D eigenvalue weighted by atomic mass is 10.1. The van der Waals surface area contributed by atoms with Crippen molar-refractivity contribution in [3.63, 3.8) is 0 Å². The van der Waals surface area contributed by atoms with E-state index in [0.29, 0.717) is 0 Å². The molecule has 0 atom stereocenters. The van der Waals surface area contributed by atoms with Gasteiger partial charge in [0.05, 0.1) is 6.21 Å². The normalized spacial score (nSPS) is 11.5. The van der Waals surface area contributed by atoms with Gasteiger partial charge >= 0.3 is 0 Å². The molecule has 2 N–H and O–H groups in total. The van der Waals surface area contributed by atoms with Gasteiger partial charge in [-0.05, 0) is 43.1 Å². The molecule has 0 aromatic heterocycles. The lowest BCUT2D eigenvalue weighted by molar-refractivity contribution is 0.257. The maximum atomic E-state index is 5.20. The minimum Gasteiger partial charge on any atom is -0.323 e. The van der Waals surface area contributed by atoms with E-state index in [4.69, 9.17) is 5.84 Å². The molecule has 3 heteroatoms. The molecule has 3 nitrogen and oxygen atoms in total. The summed E-state index contributed by atoms with van der Waals surface area (Å²) in [4.78, 5) is 2.55. The minimum atomic E-state index is 1.02. The summed E-state index contributed by atoms with van der Waals surface area (Å²) in [5.74, 6) is 5.20. The van der Waals surface area contributed by atoms with Crippen molar-refractivity contribution < 1.29 is 0 Å². The molecule has 1 rings (SSSR count). The Morgan fingerprint density at radius 1 is 1.16 bits per heavy atom. The molecule has 0 saturated heterocycles. The molecular formula is C16H27N3. The van der Waals surface area contributed by atoms with Crippen molar-refractivity contribution in [2.75, 3.05) is 13.1 Å². The van der Waals surface area contributed by atoms with Crippen LogP contribution in [0.15, 0.2) is 29.4 Å². The molecule has 0 heterocycles. The molecule has 1 aromatic carbocycles. The number of nitrogens with two attached hydrogens (primary N) is 1. The number of rotatable bonds is 9. The summed E-state index contributed by atoms with van der Waals surface area (Å²) in [6, 6.07) is 8.45. The van der Waals surface area contributed by atoms with Crippen molar-refractivity contribution in [1.29, 1.82) is 0 Å². The first-order chi connectivity index (χ1) is 9.30. The van der Waals surface area contributed by atoms with Crippen LogP contribution in [0.1, 0.15) is 50.7 Å². The van der Waals surface area contributed by atoms with Crippen LogP contribution in [0.3, 0.4) is 0 Å². The Morgan fingerprint density at radius 3 is 2.42 bits per heavy atom. The van der Waals surface area contributed by atoms with E-state index in [-0.39, 0.29) is 0 Å². The van der Waals surface area contributed by atoms with Crippen molar-refractivity contribution in [2.24, 2.45) is 10.9 Å². The van der Waals surface area contributed by atoms with Gasteiger partial charge in [0, 0.05) is 6.54 Å². The maximum absolute atomic E-state index is 5.20. The summed E-state index contributed by atoms with van der Waals surface area (Å²) < 4.78 is 0. The number of benzene rings is 1. The SMILES string of the molecule is CCCCN(CCCC)Cc1cccc(C=NN)c1. The van der Waals surface area contributed by atoms with Gasteiger partial charge in [-0.15, -0.1) is 0 Å². The molecule has 0 aliphatic carbocycles. The van der Waals surface area contributed by atoms with Crippen LogP contribution in [-0.4, -0.2) is 24.2 Å². The van der Waals surface area contributed by atoms with Gasteiger partial charge in [-0.1, -0.05) is 44.9 Å². The van der Waals surface area contributed by atoms with Crippen LogP contribution < -0.4 is 5.84 Å². The molecule has 0 radical (unpaired) electrons. The molecular weight excluding hydrogens is 234 g/mol. The summed E-state index contributed by atoms with van der Waals surface area (Å²) in [6.07, 6.45) is 6.75. The highest BCUT2D eigenvalue weighted by atomic mass is 15.1. The first-order valence-corrected chi connectivity index (χ1v) is 7.34. The largest absolute Gasteiger partial charge is 0.323 e. The lowest BCUT2D eigenvalue weighted by Crippen LogP contribution is -2.25. The van der Waals surface area contributed by atoms with Crippen LogP contribution in [-0.2, 0) is 6.54 Å². The highest BCUT2D eigenvalue weighted by Gasteiger charge is 2.05. The van der Waals surface area contributed by atoms with E-state index < -0.39 is 0 Å². The van der Waals surface area contributed by atoms with E-state index in [1.165, 1.54) is 44.3 Å². The van der Waals surface area contributed by atoms with Crippen LogP contribution in [0.2, 0.25) is 0 Å². The summed E-state index contributed by atoms with van der Waals surface area (Å²) in [7, 11) is 0. The second kappa shape index (κ2) is 9.56. The van der Waals surface area contributed by atoms with Crippen molar-refractivity contribution in [3.05, 3.63) is 35.4 Å². The monoisotopic (exact) mass is 261 g/mol. The molecule has 0 amide bonds. The van der Waals surface area contributed by atoms with Crippen LogP contribution >= 0.6 is 0 Å². The summed E-state index contributed by atoms with van der Waals surface area (Å²) in [5, 5.41) is 3.59. The van der Waals surface area contributed by atoms with Gasteiger partial charge in [-0.2, -0.15) is 5.10 Å². The van der Waals surface area contributed by atoms with Gasteiger partial charge in [0.1, 0.15) is 0 Å². The number of hydrogen-bond donors (Lipinski definition) is 1. The van der Waals surface area contributed by atoms with Crippen LogP contribution in [0.4, 0.5) is 0 Å². The molecule has 0 unspecified atom stereocenters. The molecule has 0 spiro atoms.